The zero-order chi connectivity index (χ0) is 26.3. The van der Waals surface area contributed by atoms with Gasteiger partial charge in [-0.2, -0.15) is 5.10 Å². The number of carbonyl (C=O) groups is 2. The Labute approximate surface area is 214 Å². The number of sulfonamides is 1. The molecular weight excluding hydrogens is 490 g/mol. The van der Waals surface area contributed by atoms with Crippen molar-refractivity contribution in [3.05, 3.63) is 125 Å². The van der Waals surface area contributed by atoms with Crippen LogP contribution in [0.25, 0.3) is 0 Å². The predicted octanol–water partition coefficient (Wildman–Crippen LogP) is 4.78. The normalized spacial score (nSPS) is 11.2. The van der Waals surface area contributed by atoms with Crippen molar-refractivity contribution in [2.45, 2.75) is 11.8 Å². The molecule has 4 rings (SSSR count). The maximum atomic E-state index is 12.4. The van der Waals surface area contributed by atoms with E-state index in [1.54, 1.807) is 54.6 Å². The quantitative estimate of drug-likeness (QED) is 0.152. The van der Waals surface area contributed by atoms with Gasteiger partial charge in [0.05, 0.1) is 16.7 Å². The van der Waals surface area contributed by atoms with Crippen molar-refractivity contribution in [2.75, 3.05) is 4.72 Å². The molecule has 0 saturated carbocycles. The van der Waals surface area contributed by atoms with Crippen LogP contribution >= 0.6 is 0 Å². The average molecular weight is 514 g/mol. The van der Waals surface area contributed by atoms with Crippen molar-refractivity contribution >= 4 is 33.8 Å². The maximum absolute atomic E-state index is 12.4. The molecule has 0 bridgehead atoms. The molecular formula is C28H23N3O5S. The Morgan fingerprint density at radius 3 is 2.14 bits per heavy atom. The van der Waals surface area contributed by atoms with Crippen molar-refractivity contribution < 1.29 is 22.7 Å². The van der Waals surface area contributed by atoms with Crippen LogP contribution in [0.3, 0.4) is 0 Å². The lowest BCUT2D eigenvalue weighted by Gasteiger charge is -2.08. The van der Waals surface area contributed by atoms with Gasteiger partial charge in [0, 0.05) is 11.3 Å². The lowest BCUT2D eigenvalue weighted by Crippen LogP contribution is -2.18. The number of hydrazone groups is 1. The number of benzene rings is 4. The van der Waals surface area contributed by atoms with Crippen LogP contribution in [0.1, 0.15) is 31.8 Å². The van der Waals surface area contributed by atoms with Gasteiger partial charge in [-0.25, -0.2) is 18.6 Å². The Morgan fingerprint density at radius 1 is 0.811 bits per heavy atom. The number of esters is 1. The number of nitrogens with one attached hydrogen (secondary N) is 2. The fourth-order valence-electron chi connectivity index (χ4n) is 3.32. The molecule has 4 aromatic carbocycles. The van der Waals surface area contributed by atoms with Crippen LogP contribution in [0.15, 0.2) is 113 Å². The molecule has 0 aliphatic heterocycles. The van der Waals surface area contributed by atoms with E-state index in [0.29, 0.717) is 28.1 Å². The number of ether oxygens (including phenoxy) is 1. The molecule has 0 unspecified atom stereocenters. The summed E-state index contributed by atoms with van der Waals surface area (Å²) in [6.07, 6.45) is 1.45. The van der Waals surface area contributed by atoms with E-state index in [9.17, 15) is 18.0 Å². The van der Waals surface area contributed by atoms with Gasteiger partial charge >= 0.3 is 5.97 Å². The molecule has 0 radical (unpaired) electrons. The number of hydrogen-bond donors (Lipinski definition) is 2. The smallest absolute Gasteiger partial charge is 0.343 e. The first-order valence-electron chi connectivity index (χ1n) is 11.2. The van der Waals surface area contributed by atoms with Crippen LogP contribution in [0.5, 0.6) is 5.75 Å². The second kappa shape index (κ2) is 11.3. The van der Waals surface area contributed by atoms with E-state index in [4.69, 9.17) is 4.74 Å². The number of nitrogens with zero attached hydrogens (tertiary/aromatic N) is 1. The molecule has 0 atom stereocenters. The first-order chi connectivity index (χ1) is 17.8. The van der Waals surface area contributed by atoms with Crippen LogP contribution in [0, 0.1) is 6.92 Å². The van der Waals surface area contributed by atoms with Gasteiger partial charge in [0.1, 0.15) is 5.75 Å². The Bertz CT molecular complexity index is 1530. The summed E-state index contributed by atoms with van der Waals surface area (Å²) >= 11 is 0. The molecule has 0 aliphatic rings. The largest absolute Gasteiger partial charge is 0.423 e. The van der Waals surface area contributed by atoms with Gasteiger partial charge in [0.2, 0.25) is 0 Å². The minimum Gasteiger partial charge on any atom is -0.423 e. The van der Waals surface area contributed by atoms with Crippen molar-refractivity contribution in [1.82, 2.24) is 5.43 Å². The highest BCUT2D eigenvalue weighted by atomic mass is 32.2. The van der Waals surface area contributed by atoms with E-state index in [1.165, 1.54) is 42.6 Å². The Hall–Kier alpha value is -4.76. The molecule has 0 aromatic heterocycles. The molecule has 0 aliphatic carbocycles. The topological polar surface area (TPSA) is 114 Å². The minimum absolute atomic E-state index is 0.142. The second-order valence-electron chi connectivity index (χ2n) is 7.97. The highest BCUT2D eigenvalue weighted by Crippen LogP contribution is 2.17. The molecule has 0 spiro atoms. The molecule has 2 N–H and O–H groups in total. The summed E-state index contributed by atoms with van der Waals surface area (Å²) in [7, 11) is -3.72. The fraction of sp³-hybridized carbons (Fsp3) is 0.0357. The van der Waals surface area contributed by atoms with E-state index in [-0.39, 0.29) is 4.90 Å². The van der Waals surface area contributed by atoms with Crippen LogP contribution in [-0.4, -0.2) is 26.5 Å². The predicted molar refractivity (Wildman–Crippen MR) is 141 cm³/mol. The summed E-state index contributed by atoms with van der Waals surface area (Å²) in [4.78, 5) is 24.8. The Morgan fingerprint density at radius 2 is 1.46 bits per heavy atom. The molecule has 8 nitrogen and oxygen atoms in total. The zero-order valence-electron chi connectivity index (χ0n) is 19.8. The van der Waals surface area contributed by atoms with Crippen molar-refractivity contribution in [3.63, 3.8) is 0 Å². The first-order valence-corrected chi connectivity index (χ1v) is 12.7. The van der Waals surface area contributed by atoms with Crippen molar-refractivity contribution in [3.8, 4) is 5.75 Å². The highest BCUT2D eigenvalue weighted by molar-refractivity contribution is 7.92. The Kier molecular flexibility index (Phi) is 7.75. The maximum Gasteiger partial charge on any atom is 0.343 e. The third kappa shape index (κ3) is 6.68. The molecule has 1 amide bonds. The number of aryl methyl sites for hydroxylation is 1. The molecule has 9 heteroatoms. The lowest BCUT2D eigenvalue weighted by molar-refractivity contribution is 0.0733. The zero-order valence-corrected chi connectivity index (χ0v) is 20.6. The SMILES string of the molecule is Cc1ccccc1C(=O)Oc1ccc(C=NNC(=O)c2ccc(NS(=O)(=O)c3ccccc3)cc2)cc1. The molecule has 0 heterocycles. The van der Waals surface area contributed by atoms with E-state index in [1.807, 2.05) is 19.1 Å². The monoisotopic (exact) mass is 513 g/mol. The van der Waals surface area contributed by atoms with Gasteiger partial charge in [0.15, 0.2) is 0 Å². The van der Waals surface area contributed by atoms with Gasteiger partial charge in [-0.05, 0) is 84.8 Å². The van der Waals surface area contributed by atoms with Crippen LogP contribution in [0.2, 0.25) is 0 Å². The summed E-state index contributed by atoms with van der Waals surface area (Å²) in [5.74, 6) is -0.513. The first kappa shape index (κ1) is 25.3. The van der Waals surface area contributed by atoms with Gasteiger partial charge in [-0.3, -0.25) is 9.52 Å². The van der Waals surface area contributed by atoms with E-state index in [2.05, 4.69) is 15.2 Å². The van der Waals surface area contributed by atoms with E-state index < -0.39 is 21.9 Å². The third-order valence-electron chi connectivity index (χ3n) is 5.29. The lowest BCUT2D eigenvalue weighted by atomic mass is 10.1. The molecule has 37 heavy (non-hydrogen) atoms. The number of amides is 1. The standard InChI is InChI=1S/C28H23N3O5S/c1-20-7-5-6-10-26(20)28(33)36-24-17-11-21(12-18-24)19-29-30-27(32)22-13-15-23(16-14-22)31-37(34,35)25-8-3-2-4-9-25/h2-19,31H,1H3,(H,30,32). The van der Waals surface area contributed by atoms with Gasteiger partial charge in [-0.1, -0.05) is 36.4 Å². The van der Waals surface area contributed by atoms with Crippen molar-refractivity contribution in [1.29, 1.82) is 0 Å². The number of rotatable bonds is 8. The molecule has 4 aromatic rings. The van der Waals surface area contributed by atoms with Crippen LogP contribution in [0.4, 0.5) is 5.69 Å². The van der Waals surface area contributed by atoms with E-state index >= 15 is 0 Å². The van der Waals surface area contributed by atoms with Crippen molar-refractivity contribution in [2.24, 2.45) is 5.10 Å². The Balaban J connectivity index is 1.31. The summed E-state index contributed by atoms with van der Waals surface area (Å²) in [5.41, 5.74) is 5.06. The number of hydrogen-bond acceptors (Lipinski definition) is 6. The van der Waals surface area contributed by atoms with E-state index in [0.717, 1.165) is 5.56 Å². The average Bonchev–Trinajstić information content (AvgIpc) is 2.90. The minimum atomic E-state index is -3.72. The third-order valence-corrected chi connectivity index (χ3v) is 6.69. The molecule has 0 saturated heterocycles. The summed E-state index contributed by atoms with van der Waals surface area (Å²) in [6, 6.07) is 27.8. The number of anilines is 1. The van der Waals surface area contributed by atoms with Crippen LogP contribution < -0.4 is 14.9 Å². The molecule has 186 valence electrons. The number of carbonyl (C=O) groups excluding carboxylic acids is 2. The van der Waals surface area contributed by atoms with Crippen LogP contribution in [-0.2, 0) is 10.0 Å². The van der Waals surface area contributed by atoms with Gasteiger partial charge < -0.3 is 4.74 Å². The summed E-state index contributed by atoms with van der Waals surface area (Å²) in [5, 5.41) is 3.95. The van der Waals surface area contributed by atoms with Gasteiger partial charge in [-0.15, -0.1) is 0 Å². The van der Waals surface area contributed by atoms with Gasteiger partial charge in [0.25, 0.3) is 15.9 Å². The second-order valence-corrected chi connectivity index (χ2v) is 9.65. The summed E-state index contributed by atoms with van der Waals surface area (Å²) in [6.45, 7) is 1.84. The highest BCUT2D eigenvalue weighted by Gasteiger charge is 2.14. The fourth-order valence-corrected chi connectivity index (χ4v) is 4.40. The summed E-state index contributed by atoms with van der Waals surface area (Å²) < 4.78 is 32.7. The molecule has 0 fully saturated rings.